The van der Waals surface area contributed by atoms with Gasteiger partial charge in [0.05, 0.1) is 19.8 Å². The van der Waals surface area contributed by atoms with Gasteiger partial charge in [0, 0.05) is 31.6 Å². The van der Waals surface area contributed by atoms with Gasteiger partial charge >= 0.3 is 0 Å². The summed E-state index contributed by atoms with van der Waals surface area (Å²) >= 11 is 0. The Morgan fingerprint density at radius 1 is 1.35 bits per heavy atom. The van der Waals surface area contributed by atoms with Gasteiger partial charge in [0.1, 0.15) is 10.6 Å². The molecule has 1 saturated heterocycles. The van der Waals surface area contributed by atoms with Gasteiger partial charge in [-0.25, -0.2) is 13.1 Å². The average Bonchev–Trinajstić information content (AvgIpc) is 2.95. The van der Waals surface area contributed by atoms with E-state index in [-0.39, 0.29) is 28.9 Å². The van der Waals surface area contributed by atoms with Crippen molar-refractivity contribution < 1.29 is 22.6 Å². The number of methoxy groups -OCH3 is 2. The molecule has 128 valence electrons. The van der Waals surface area contributed by atoms with Crippen molar-refractivity contribution in [2.75, 3.05) is 27.4 Å². The second-order valence-electron chi connectivity index (χ2n) is 6.21. The van der Waals surface area contributed by atoms with Crippen LogP contribution in [0.1, 0.15) is 12.0 Å². The van der Waals surface area contributed by atoms with E-state index in [1.165, 1.54) is 7.11 Å². The van der Waals surface area contributed by atoms with E-state index in [1.807, 2.05) is 13.0 Å². The van der Waals surface area contributed by atoms with Gasteiger partial charge in [-0.1, -0.05) is 6.07 Å². The Balaban J connectivity index is 1.85. The Morgan fingerprint density at radius 3 is 2.83 bits per heavy atom. The Labute approximate surface area is 137 Å². The molecule has 4 atom stereocenters. The summed E-state index contributed by atoms with van der Waals surface area (Å²) in [5.74, 6) is 0.628. The average molecular weight is 341 g/mol. The molecule has 7 heteroatoms. The lowest BCUT2D eigenvalue weighted by Crippen LogP contribution is -2.62. The molecule has 3 rings (SSSR count). The highest BCUT2D eigenvalue weighted by atomic mass is 32.2. The molecular weight excluding hydrogens is 318 g/mol. The van der Waals surface area contributed by atoms with Gasteiger partial charge in [0.15, 0.2) is 0 Å². The fraction of sp³-hybridized carbons (Fsp3) is 0.625. The molecule has 1 N–H and O–H groups in total. The molecule has 1 saturated carbocycles. The van der Waals surface area contributed by atoms with Crippen LogP contribution in [0.25, 0.3) is 0 Å². The van der Waals surface area contributed by atoms with Gasteiger partial charge in [0.2, 0.25) is 10.0 Å². The summed E-state index contributed by atoms with van der Waals surface area (Å²) in [5, 5.41) is 0. The predicted molar refractivity (Wildman–Crippen MR) is 85.1 cm³/mol. The van der Waals surface area contributed by atoms with Crippen molar-refractivity contribution in [2.45, 2.75) is 30.4 Å². The third-order valence-electron chi connectivity index (χ3n) is 4.79. The normalized spacial score (nSPS) is 29.9. The third-order valence-corrected chi connectivity index (χ3v) is 6.27. The number of nitrogens with one attached hydrogen (secondary N) is 1. The summed E-state index contributed by atoms with van der Waals surface area (Å²) < 4.78 is 44.6. The van der Waals surface area contributed by atoms with Crippen LogP contribution in [0.3, 0.4) is 0 Å². The van der Waals surface area contributed by atoms with E-state index >= 15 is 0 Å². The highest BCUT2D eigenvalue weighted by Crippen LogP contribution is 2.44. The zero-order valence-electron chi connectivity index (χ0n) is 13.6. The predicted octanol–water partition coefficient (Wildman–Crippen LogP) is 1.33. The van der Waals surface area contributed by atoms with Crippen molar-refractivity contribution in [1.82, 2.24) is 4.72 Å². The molecule has 1 aliphatic heterocycles. The molecule has 0 spiro atoms. The van der Waals surface area contributed by atoms with Crippen LogP contribution in [0.15, 0.2) is 23.1 Å². The van der Waals surface area contributed by atoms with Crippen LogP contribution >= 0.6 is 0 Å². The highest BCUT2D eigenvalue weighted by Gasteiger charge is 2.55. The maximum absolute atomic E-state index is 12.8. The first-order valence-corrected chi connectivity index (χ1v) is 9.23. The van der Waals surface area contributed by atoms with E-state index in [0.29, 0.717) is 19.0 Å². The number of fused-ring (bicyclic) bond motifs is 1. The first-order valence-electron chi connectivity index (χ1n) is 7.75. The van der Waals surface area contributed by atoms with Crippen molar-refractivity contribution in [3.05, 3.63) is 23.8 Å². The molecule has 2 fully saturated rings. The Morgan fingerprint density at radius 2 is 2.13 bits per heavy atom. The minimum atomic E-state index is -3.66. The molecule has 1 heterocycles. The lowest BCUT2D eigenvalue weighted by Gasteiger charge is -2.47. The lowest BCUT2D eigenvalue weighted by molar-refractivity contribution is -0.0775. The number of benzene rings is 1. The standard InChI is InChI=1S/C16H23NO5S/c1-10-4-5-13(21-3)14(8-10)23(18,19)17-15-11-6-7-22-16(11)12(15)9-20-2/h4-5,8,11-12,15-17H,6-7,9H2,1-3H3/t11-,12+,15+,16-/m0/s1. The zero-order chi connectivity index (χ0) is 16.6. The van der Waals surface area contributed by atoms with Crippen LogP contribution in [0.4, 0.5) is 0 Å². The first kappa shape index (κ1) is 16.7. The Hall–Kier alpha value is -1.15. The molecule has 0 bridgehead atoms. The third kappa shape index (κ3) is 2.98. The van der Waals surface area contributed by atoms with Gasteiger partial charge in [0.25, 0.3) is 0 Å². The van der Waals surface area contributed by atoms with Crippen molar-refractivity contribution in [3.8, 4) is 5.75 Å². The first-order chi connectivity index (χ1) is 11.0. The molecule has 1 aromatic rings. The van der Waals surface area contributed by atoms with Crippen LogP contribution in [-0.4, -0.2) is 48.0 Å². The van der Waals surface area contributed by atoms with Crippen LogP contribution in [0.5, 0.6) is 5.75 Å². The van der Waals surface area contributed by atoms with E-state index in [1.54, 1.807) is 19.2 Å². The molecule has 0 aromatic heterocycles. The minimum Gasteiger partial charge on any atom is -0.495 e. The largest absolute Gasteiger partial charge is 0.495 e. The fourth-order valence-corrected chi connectivity index (χ4v) is 5.22. The van der Waals surface area contributed by atoms with E-state index in [0.717, 1.165) is 12.0 Å². The van der Waals surface area contributed by atoms with Gasteiger partial charge in [-0.3, -0.25) is 0 Å². The Kier molecular flexibility index (Phi) is 4.64. The van der Waals surface area contributed by atoms with E-state index in [4.69, 9.17) is 14.2 Å². The zero-order valence-corrected chi connectivity index (χ0v) is 14.4. The number of ether oxygens (including phenoxy) is 3. The van der Waals surface area contributed by atoms with Gasteiger partial charge in [-0.05, 0) is 31.0 Å². The summed E-state index contributed by atoms with van der Waals surface area (Å²) in [6.45, 7) is 3.03. The quantitative estimate of drug-likeness (QED) is 0.845. The fourth-order valence-electron chi connectivity index (χ4n) is 3.63. The SMILES string of the molecule is COC[C@@H]1[C@H](NS(=O)(=O)c2cc(C)ccc2OC)[C@@H]2CCO[C@H]12. The number of sulfonamides is 1. The van der Waals surface area contributed by atoms with Crippen LogP contribution in [-0.2, 0) is 19.5 Å². The van der Waals surface area contributed by atoms with E-state index < -0.39 is 10.0 Å². The number of aryl methyl sites for hydroxylation is 1. The van der Waals surface area contributed by atoms with E-state index in [9.17, 15) is 8.42 Å². The summed E-state index contributed by atoms with van der Waals surface area (Å²) in [6, 6.07) is 4.99. The molecule has 0 amide bonds. The Bertz CT molecular complexity index is 675. The van der Waals surface area contributed by atoms with Gasteiger partial charge in [-0.2, -0.15) is 0 Å². The van der Waals surface area contributed by atoms with Gasteiger partial charge in [-0.15, -0.1) is 0 Å². The molecule has 2 aliphatic rings. The van der Waals surface area contributed by atoms with Crippen molar-refractivity contribution in [3.63, 3.8) is 0 Å². The second kappa shape index (κ2) is 6.39. The molecule has 1 aromatic carbocycles. The number of hydrogen-bond donors (Lipinski definition) is 1. The number of rotatable bonds is 6. The monoisotopic (exact) mass is 341 g/mol. The molecule has 1 aliphatic carbocycles. The summed E-state index contributed by atoms with van der Waals surface area (Å²) in [5.41, 5.74) is 0.871. The molecule has 0 radical (unpaired) electrons. The van der Waals surface area contributed by atoms with Crippen LogP contribution in [0, 0.1) is 18.8 Å². The summed E-state index contributed by atoms with van der Waals surface area (Å²) in [7, 11) is -0.565. The van der Waals surface area contributed by atoms with Crippen LogP contribution in [0.2, 0.25) is 0 Å². The maximum atomic E-state index is 12.8. The smallest absolute Gasteiger partial charge is 0.244 e. The molecular formula is C16H23NO5S. The van der Waals surface area contributed by atoms with Crippen molar-refractivity contribution >= 4 is 10.0 Å². The topological polar surface area (TPSA) is 73.9 Å². The van der Waals surface area contributed by atoms with Crippen molar-refractivity contribution in [2.24, 2.45) is 11.8 Å². The summed E-state index contributed by atoms with van der Waals surface area (Å²) in [4.78, 5) is 0.179. The molecule has 6 nitrogen and oxygen atoms in total. The van der Waals surface area contributed by atoms with Crippen molar-refractivity contribution in [1.29, 1.82) is 0 Å². The summed E-state index contributed by atoms with van der Waals surface area (Å²) in [6.07, 6.45) is 0.977. The van der Waals surface area contributed by atoms with Crippen LogP contribution < -0.4 is 9.46 Å². The molecule has 0 unspecified atom stereocenters. The second-order valence-corrected chi connectivity index (χ2v) is 7.89. The minimum absolute atomic E-state index is 0.0538. The maximum Gasteiger partial charge on any atom is 0.244 e. The van der Waals surface area contributed by atoms with Gasteiger partial charge < -0.3 is 14.2 Å². The molecule has 23 heavy (non-hydrogen) atoms. The number of hydrogen-bond acceptors (Lipinski definition) is 5. The lowest BCUT2D eigenvalue weighted by atomic mass is 9.68. The highest BCUT2D eigenvalue weighted by molar-refractivity contribution is 7.89. The van der Waals surface area contributed by atoms with E-state index in [2.05, 4.69) is 4.72 Å².